The summed E-state index contributed by atoms with van der Waals surface area (Å²) in [5.74, 6) is -3.67. The van der Waals surface area contributed by atoms with Gasteiger partial charge in [0.2, 0.25) is 0 Å². The summed E-state index contributed by atoms with van der Waals surface area (Å²) in [5.41, 5.74) is 2.01. The third kappa shape index (κ3) is 3.05. The van der Waals surface area contributed by atoms with Crippen LogP contribution in [0.25, 0.3) is 0 Å². The van der Waals surface area contributed by atoms with Crippen molar-refractivity contribution < 1.29 is 13.2 Å². The number of hydrogen-bond donors (Lipinski definition) is 0. The maximum Gasteiger partial charge on any atom is 0.251 e. The molecule has 2 aromatic rings. The molecule has 0 fully saturated rings. The molecule has 100 valence electrons. The molecule has 2 rings (SSSR count). The summed E-state index contributed by atoms with van der Waals surface area (Å²) in [6, 6.07) is 8.15. The largest absolute Gasteiger partial charge is 0.353 e. The van der Waals surface area contributed by atoms with Crippen LogP contribution in [0.1, 0.15) is 11.1 Å². The zero-order chi connectivity index (χ0) is 14.0. The van der Waals surface area contributed by atoms with Crippen molar-refractivity contribution in [1.29, 1.82) is 0 Å². The lowest BCUT2D eigenvalue weighted by atomic mass is 10.1. The molecule has 0 unspecified atom stereocenters. The highest BCUT2D eigenvalue weighted by atomic mass is 19.2. The summed E-state index contributed by atoms with van der Waals surface area (Å²) >= 11 is 0. The summed E-state index contributed by atoms with van der Waals surface area (Å²) < 4.78 is 39.4. The zero-order valence-corrected chi connectivity index (χ0v) is 10.6. The molecule has 0 saturated carbocycles. The Morgan fingerprint density at radius 1 is 1.11 bits per heavy atom. The predicted octanol–water partition coefficient (Wildman–Crippen LogP) is 3.44. The quantitative estimate of drug-likeness (QED) is 0.791. The summed E-state index contributed by atoms with van der Waals surface area (Å²) in [6.07, 6.45) is 0. The molecule has 0 aliphatic heterocycles. The summed E-state index contributed by atoms with van der Waals surface area (Å²) in [6.45, 7) is 2.30. The zero-order valence-electron chi connectivity index (χ0n) is 10.6. The number of nitrogens with zero attached hydrogens (tertiary/aromatic N) is 2. The number of aromatic nitrogens is 1. The van der Waals surface area contributed by atoms with E-state index < -0.39 is 17.6 Å². The molecule has 0 amide bonds. The van der Waals surface area contributed by atoms with Crippen molar-refractivity contribution in [1.82, 2.24) is 4.98 Å². The van der Waals surface area contributed by atoms with E-state index in [1.54, 1.807) is 7.05 Å². The smallest absolute Gasteiger partial charge is 0.251 e. The van der Waals surface area contributed by atoms with Crippen LogP contribution < -0.4 is 4.90 Å². The standard InChI is InChI=1S/C14H13F3N2/c1-9-4-3-5-10(6-9)8-19(2)14-12(16)7-11(15)13(17)18-14/h3-7H,8H2,1-2H3. The van der Waals surface area contributed by atoms with E-state index in [2.05, 4.69) is 4.98 Å². The lowest BCUT2D eigenvalue weighted by Crippen LogP contribution is -2.20. The molecule has 1 aromatic heterocycles. The molecule has 0 aliphatic rings. The van der Waals surface area contributed by atoms with Crippen molar-refractivity contribution in [2.24, 2.45) is 0 Å². The van der Waals surface area contributed by atoms with Crippen LogP contribution in [-0.2, 0) is 6.54 Å². The van der Waals surface area contributed by atoms with Crippen molar-refractivity contribution in [3.8, 4) is 0 Å². The third-order valence-corrected chi connectivity index (χ3v) is 2.73. The average molecular weight is 266 g/mol. The minimum atomic E-state index is -1.30. The van der Waals surface area contributed by atoms with Gasteiger partial charge in [-0.1, -0.05) is 29.8 Å². The van der Waals surface area contributed by atoms with Crippen LogP contribution in [0.4, 0.5) is 19.0 Å². The van der Waals surface area contributed by atoms with Crippen molar-refractivity contribution in [3.63, 3.8) is 0 Å². The van der Waals surface area contributed by atoms with Gasteiger partial charge in [0.15, 0.2) is 17.5 Å². The van der Waals surface area contributed by atoms with Crippen LogP contribution in [0.5, 0.6) is 0 Å². The number of hydrogen-bond acceptors (Lipinski definition) is 2. The van der Waals surface area contributed by atoms with E-state index in [9.17, 15) is 13.2 Å². The predicted molar refractivity (Wildman–Crippen MR) is 67.4 cm³/mol. The first-order valence-corrected chi connectivity index (χ1v) is 5.75. The molecule has 0 atom stereocenters. The first kappa shape index (κ1) is 13.4. The molecule has 0 N–H and O–H groups in total. The molecule has 5 heteroatoms. The van der Waals surface area contributed by atoms with Crippen molar-refractivity contribution >= 4 is 5.82 Å². The highest BCUT2D eigenvalue weighted by Crippen LogP contribution is 2.19. The molecule has 2 nitrogen and oxygen atoms in total. The van der Waals surface area contributed by atoms with Crippen molar-refractivity contribution in [2.45, 2.75) is 13.5 Å². The lowest BCUT2D eigenvalue weighted by molar-refractivity contribution is 0.463. The van der Waals surface area contributed by atoms with E-state index in [4.69, 9.17) is 0 Å². The second-order valence-electron chi connectivity index (χ2n) is 4.41. The number of benzene rings is 1. The highest BCUT2D eigenvalue weighted by molar-refractivity contribution is 5.40. The van der Waals surface area contributed by atoms with Crippen LogP contribution in [0.3, 0.4) is 0 Å². The maximum absolute atomic E-state index is 13.6. The summed E-state index contributed by atoms with van der Waals surface area (Å²) in [4.78, 5) is 4.74. The number of aryl methyl sites for hydroxylation is 1. The van der Waals surface area contributed by atoms with Gasteiger partial charge in [0.05, 0.1) is 0 Å². The van der Waals surface area contributed by atoms with Crippen LogP contribution in [-0.4, -0.2) is 12.0 Å². The minimum absolute atomic E-state index is 0.208. The number of pyridine rings is 1. The molecule has 0 spiro atoms. The number of anilines is 1. The topological polar surface area (TPSA) is 16.1 Å². The van der Waals surface area contributed by atoms with Gasteiger partial charge in [-0.05, 0) is 12.5 Å². The van der Waals surface area contributed by atoms with Gasteiger partial charge in [0.1, 0.15) is 0 Å². The molecule has 1 aromatic carbocycles. The Kier molecular flexibility index (Phi) is 3.74. The van der Waals surface area contributed by atoms with Gasteiger partial charge >= 0.3 is 0 Å². The first-order valence-electron chi connectivity index (χ1n) is 5.75. The SMILES string of the molecule is Cc1cccc(CN(C)c2nc(F)c(F)cc2F)c1. The Labute approximate surface area is 109 Å². The fourth-order valence-electron chi connectivity index (χ4n) is 1.86. The molecule has 0 bridgehead atoms. The van der Waals surface area contributed by atoms with Crippen molar-refractivity contribution in [2.75, 3.05) is 11.9 Å². The van der Waals surface area contributed by atoms with Gasteiger partial charge in [0, 0.05) is 19.7 Å². The summed E-state index contributed by atoms with van der Waals surface area (Å²) in [5, 5.41) is 0. The van der Waals surface area contributed by atoms with E-state index >= 15 is 0 Å². The Morgan fingerprint density at radius 3 is 2.53 bits per heavy atom. The molecular weight excluding hydrogens is 253 g/mol. The van der Waals surface area contributed by atoms with E-state index in [0.717, 1.165) is 11.1 Å². The van der Waals surface area contributed by atoms with E-state index in [-0.39, 0.29) is 5.82 Å². The van der Waals surface area contributed by atoms with Crippen LogP contribution in [0.15, 0.2) is 30.3 Å². The molecule has 0 saturated heterocycles. The molecule has 1 heterocycles. The van der Waals surface area contributed by atoms with Gasteiger partial charge < -0.3 is 4.90 Å². The van der Waals surface area contributed by atoms with E-state index in [1.165, 1.54) is 4.90 Å². The Bertz CT molecular complexity index is 599. The average Bonchev–Trinajstić information content (AvgIpc) is 2.33. The van der Waals surface area contributed by atoms with Crippen LogP contribution in [0, 0.1) is 24.5 Å². The third-order valence-electron chi connectivity index (χ3n) is 2.73. The lowest BCUT2D eigenvalue weighted by Gasteiger charge is -2.19. The Hall–Kier alpha value is -2.04. The van der Waals surface area contributed by atoms with E-state index in [0.29, 0.717) is 12.6 Å². The Balaban J connectivity index is 2.25. The normalized spacial score (nSPS) is 10.6. The molecular formula is C14H13F3N2. The van der Waals surface area contributed by atoms with Crippen LogP contribution in [0.2, 0.25) is 0 Å². The van der Waals surface area contributed by atoms with Gasteiger partial charge in [-0.2, -0.15) is 9.37 Å². The van der Waals surface area contributed by atoms with Gasteiger partial charge in [0.25, 0.3) is 5.95 Å². The maximum atomic E-state index is 13.6. The first-order chi connectivity index (χ1) is 8.97. The summed E-state index contributed by atoms with van der Waals surface area (Å²) in [7, 11) is 1.57. The minimum Gasteiger partial charge on any atom is -0.353 e. The fourth-order valence-corrected chi connectivity index (χ4v) is 1.86. The van der Waals surface area contributed by atoms with Gasteiger partial charge in [-0.3, -0.25) is 0 Å². The molecule has 0 aliphatic carbocycles. The second-order valence-corrected chi connectivity index (χ2v) is 4.41. The number of halogens is 3. The van der Waals surface area contributed by atoms with Gasteiger partial charge in [-0.25, -0.2) is 8.78 Å². The second kappa shape index (κ2) is 5.30. The number of rotatable bonds is 3. The van der Waals surface area contributed by atoms with Gasteiger partial charge in [-0.15, -0.1) is 0 Å². The van der Waals surface area contributed by atoms with Crippen molar-refractivity contribution in [3.05, 3.63) is 59.0 Å². The fraction of sp³-hybridized carbons (Fsp3) is 0.214. The van der Waals surface area contributed by atoms with Crippen LogP contribution >= 0.6 is 0 Å². The van der Waals surface area contributed by atoms with E-state index in [1.807, 2.05) is 31.2 Å². The monoisotopic (exact) mass is 266 g/mol. The Morgan fingerprint density at radius 2 is 1.84 bits per heavy atom. The molecule has 19 heavy (non-hydrogen) atoms. The molecule has 0 radical (unpaired) electrons. The highest BCUT2D eigenvalue weighted by Gasteiger charge is 2.15.